The monoisotopic (exact) mass is 405 g/mol. The van der Waals surface area contributed by atoms with Crippen LogP contribution in [0, 0.1) is 6.92 Å². The second kappa shape index (κ2) is 7.38. The first-order valence-corrected chi connectivity index (χ1v) is 11.4. The van der Waals surface area contributed by atoms with Gasteiger partial charge in [-0.3, -0.25) is 0 Å². The first kappa shape index (κ1) is 18.5. The summed E-state index contributed by atoms with van der Waals surface area (Å²) in [5, 5.41) is 4.47. The van der Waals surface area contributed by atoms with Gasteiger partial charge in [-0.1, -0.05) is 19.1 Å². The molecule has 0 radical (unpaired) electrons. The van der Waals surface area contributed by atoms with Gasteiger partial charge < -0.3 is 14.8 Å². The predicted molar refractivity (Wildman–Crippen MR) is 119 cm³/mol. The van der Waals surface area contributed by atoms with E-state index in [1.54, 1.807) is 0 Å². The van der Waals surface area contributed by atoms with Gasteiger partial charge in [0.1, 0.15) is 5.00 Å². The van der Waals surface area contributed by atoms with E-state index in [1.165, 1.54) is 46.0 Å². The normalized spacial score (nSPS) is 17.9. The quantitative estimate of drug-likeness (QED) is 0.539. The topological polar surface area (TPSA) is 37.3 Å². The number of amides is 2. The zero-order chi connectivity index (χ0) is 20.0. The van der Waals surface area contributed by atoms with Crippen LogP contribution < -0.4 is 5.32 Å². The van der Waals surface area contributed by atoms with Crippen molar-refractivity contribution in [1.82, 2.24) is 9.47 Å². The van der Waals surface area contributed by atoms with Crippen LogP contribution in [0.4, 0.5) is 10.5 Å². The summed E-state index contributed by atoms with van der Waals surface area (Å²) in [4.78, 5) is 17.0. The van der Waals surface area contributed by atoms with Gasteiger partial charge in [-0.05, 0) is 74.4 Å². The molecule has 5 heteroatoms. The van der Waals surface area contributed by atoms with Gasteiger partial charge >= 0.3 is 6.03 Å². The molecule has 0 saturated carbocycles. The SMILES string of the molecule is CC[C@H]1c2cccn2-c2sc3c(c2CN1C(=O)Nc1cccc(C)c1)CCCC3. The molecule has 0 saturated heterocycles. The summed E-state index contributed by atoms with van der Waals surface area (Å²) in [6.07, 6.45) is 7.91. The zero-order valence-corrected chi connectivity index (χ0v) is 17.9. The molecule has 1 aromatic carbocycles. The Morgan fingerprint density at radius 2 is 2.03 bits per heavy atom. The van der Waals surface area contributed by atoms with Crippen molar-refractivity contribution in [2.24, 2.45) is 0 Å². The molecule has 0 bridgehead atoms. The number of aryl methyl sites for hydroxylation is 2. The number of carbonyl (C=O) groups excluding carboxylic acids is 1. The van der Waals surface area contributed by atoms with E-state index in [4.69, 9.17) is 0 Å². The molecule has 2 aliphatic rings. The van der Waals surface area contributed by atoms with Gasteiger partial charge in [0.05, 0.1) is 12.6 Å². The van der Waals surface area contributed by atoms with E-state index >= 15 is 0 Å². The Morgan fingerprint density at radius 3 is 2.86 bits per heavy atom. The highest BCUT2D eigenvalue weighted by Crippen LogP contribution is 2.43. The van der Waals surface area contributed by atoms with E-state index in [0.29, 0.717) is 6.54 Å². The fourth-order valence-electron chi connectivity index (χ4n) is 4.83. The summed E-state index contributed by atoms with van der Waals surface area (Å²) < 4.78 is 2.34. The number of fused-ring (bicyclic) bond motifs is 5. The highest BCUT2D eigenvalue weighted by molar-refractivity contribution is 7.15. The Bertz CT molecular complexity index is 1060. The Hall–Kier alpha value is -2.53. The second-order valence-corrected chi connectivity index (χ2v) is 9.23. The maximum Gasteiger partial charge on any atom is 0.322 e. The van der Waals surface area contributed by atoms with E-state index in [9.17, 15) is 4.79 Å². The van der Waals surface area contributed by atoms with E-state index in [-0.39, 0.29) is 12.1 Å². The van der Waals surface area contributed by atoms with Crippen LogP contribution in [0.15, 0.2) is 42.6 Å². The van der Waals surface area contributed by atoms with E-state index < -0.39 is 0 Å². The van der Waals surface area contributed by atoms with Crippen LogP contribution >= 0.6 is 11.3 Å². The summed E-state index contributed by atoms with van der Waals surface area (Å²) in [6.45, 7) is 4.90. The molecule has 2 aromatic heterocycles. The van der Waals surface area contributed by atoms with Gasteiger partial charge in [0, 0.05) is 28.0 Å². The number of nitrogens with zero attached hydrogens (tertiary/aromatic N) is 2. The molecule has 5 rings (SSSR count). The van der Waals surface area contributed by atoms with Crippen molar-refractivity contribution < 1.29 is 4.79 Å². The Labute approximate surface area is 176 Å². The minimum atomic E-state index is -0.0150. The summed E-state index contributed by atoms with van der Waals surface area (Å²) in [7, 11) is 0. The van der Waals surface area contributed by atoms with Crippen LogP contribution in [0.25, 0.3) is 5.00 Å². The largest absolute Gasteiger partial charge is 0.322 e. The van der Waals surface area contributed by atoms with Crippen molar-refractivity contribution in [2.45, 2.75) is 58.5 Å². The third-order valence-corrected chi connectivity index (χ3v) is 7.55. The van der Waals surface area contributed by atoms with Crippen LogP contribution in [0.3, 0.4) is 0 Å². The van der Waals surface area contributed by atoms with Crippen molar-refractivity contribution in [1.29, 1.82) is 0 Å². The molecule has 0 spiro atoms. The minimum absolute atomic E-state index is 0.0150. The first-order chi connectivity index (χ1) is 14.2. The Balaban J connectivity index is 1.57. The third-order valence-electron chi connectivity index (χ3n) is 6.22. The van der Waals surface area contributed by atoms with Crippen molar-refractivity contribution in [2.75, 3.05) is 5.32 Å². The molecule has 29 heavy (non-hydrogen) atoms. The Morgan fingerprint density at radius 1 is 1.17 bits per heavy atom. The number of hydrogen-bond donors (Lipinski definition) is 1. The average Bonchev–Trinajstić information content (AvgIpc) is 3.30. The summed E-state index contributed by atoms with van der Waals surface area (Å²) in [5.74, 6) is 0. The molecular formula is C24H27N3OS. The number of nitrogens with one attached hydrogen (secondary N) is 1. The van der Waals surface area contributed by atoms with Gasteiger partial charge in [-0.15, -0.1) is 11.3 Å². The van der Waals surface area contributed by atoms with Gasteiger partial charge in [-0.2, -0.15) is 0 Å². The van der Waals surface area contributed by atoms with Crippen LogP contribution in [-0.4, -0.2) is 15.5 Å². The van der Waals surface area contributed by atoms with Gasteiger partial charge in [-0.25, -0.2) is 4.79 Å². The maximum absolute atomic E-state index is 13.4. The molecule has 4 nitrogen and oxygen atoms in total. The minimum Gasteiger partial charge on any atom is -0.312 e. The van der Waals surface area contributed by atoms with Crippen LogP contribution in [0.5, 0.6) is 0 Å². The van der Waals surface area contributed by atoms with Crippen LogP contribution in [0.1, 0.15) is 59.5 Å². The molecule has 3 heterocycles. The molecule has 0 unspecified atom stereocenters. The number of hydrogen-bond acceptors (Lipinski definition) is 2. The standard InChI is InChI=1S/C24H27N3OS/c1-3-20-21-11-7-13-26(21)23-19(18-10-4-5-12-22(18)29-23)15-27(20)24(28)25-17-9-6-8-16(2)14-17/h6-9,11,13-14,20H,3-5,10,12,15H2,1-2H3,(H,25,28)/t20-/m0/s1. The number of aromatic nitrogens is 1. The zero-order valence-electron chi connectivity index (χ0n) is 17.1. The molecule has 1 aliphatic carbocycles. The van der Waals surface area contributed by atoms with Crippen LogP contribution in [-0.2, 0) is 19.4 Å². The molecule has 150 valence electrons. The number of carbonyl (C=O) groups is 1. The number of thiophene rings is 1. The lowest BCUT2D eigenvalue weighted by molar-refractivity contribution is 0.181. The highest BCUT2D eigenvalue weighted by Gasteiger charge is 2.34. The first-order valence-electron chi connectivity index (χ1n) is 10.6. The third kappa shape index (κ3) is 3.18. The molecule has 1 aliphatic heterocycles. The smallest absolute Gasteiger partial charge is 0.312 e. The lowest BCUT2D eigenvalue weighted by Gasteiger charge is -2.30. The fourth-order valence-corrected chi connectivity index (χ4v) is 6.23. The van der Waals surface area contributed by atoms with E-state index in [2.05, 4.69) is 35.1 Å². The lowest BCUT2D eigenvalue weighted by Crippen LogP contribution is -2.37. The second-order valence-electron chi connectivity index (χ2n) is 8.15. The van der Waals surface area contributed by atoms with Gasteiger partial charge in [0.15, 0.2) is 0 Å². The highest BCUT2D eigenvalue weighted by atomic mass is 32.1. The number of rotatable bonds is 2. The Kier molecular flexibility index (Phi) is 4.70. The maximum atomic E-state index is 13.4. The molecule has 2 amide bonds. The number of urea groups is 1. The predicted octanol–water partition coefficient (Wildman–Crippen LogP) is 6.22. The molecule has 1 atom stereocenters. The molecule has 0 fully saturated rings. The van der Waals surface area contributed by atoms with Crippen molar-refractivity contribution in [3.8, 4) is 5.00 Å². The summed E-state index contributed by atoms with van der Waals surface area (Å²) >= 11 is 1.94. The average molecular weight is 406 g/mol. The summed E-state index contributed by atoms with van der Waals surface area (Å²) in [5.41, 5.74) is 6.08. The van der Waals surface area contributed by atoms with E-state index in [1.807, 2.05) is 47.4 Å². The summed E-state index contributed by atoms with van der Waals surface area (Å²) in [6, 6.07) is 12.4. The van der Waals surface area contributed by atoms with Crippen molar-refractivity contribution >= 4 is 23.1 Å². The molecule has 1 N–H and O–H groups in total. The van der Waals surface area contributed by atoms with Gasteiger partial charge in [0.2, 0.25) is 0 Å². The fraction of sp³-hybridized carbons (Fsp3) is 0.375. The number of anilines is 1. The van der Waals surface area contributed by atoms with Crippen molar-refractivity contribution in [3.05, 3.63) is 69.9 Å². The van der Waals surface area contributed by atoms with Gasteiger partial charge in [0.25, 0.3) is 0 Å². The lowest BCUT2D eigenvalue weighted by atomic mass is 9.95. The van der Waals surface area contributed by atoms with E-state index in [0.717, 1.165) is 24.1 Å². The van der Waals surface area contributed by atoms with Crippen molar-refractivity contribution in [3.63, 3.8) is 0 Å². The molecular weight excluding hydrogens is 378 g/mol. The number of benzene rings is 1. The molecule has 3 aromatic rings. The van der Waals surface area contributed by atoms with Crippen LogP contribution in [0.2, 0.25) is 0 Å².